The van der Waals surface area contributed by atoms with E-state index in [4.69, 9.17) is 5.11 Å². The molecule has 0 bridgehead atoms. The van der Waals surface area contributed by atoms with Crippen molar-refractivity contribution in [2.75, 3.05) is 0 Å². The molecule has 16 heavy (non-hydrogen) atoms. The van der Waals surface area contributed by atoms with Crippen molar-refractivity contribution in [3.63, 3.8) is 0 Å². The highest BCUT2D eigenvalue weighted by atomic mass is 16.4. The van der Waals surface area contributed by atoms with Gasteiger partial charge in [0.2, 0.25) is 0 Å². The zero-order valence-electron chi connectivity index (χ0n) is 11.0. The van der Waals surface area contributed by atoms with Crippen LogP contribution in [0.1, 0.15) is 78.1 Å². The number of hydrogen-bond donors (Lipinski definition) is 1. The molecular formula is C14H28O2. The molecule has 0 aliphatic rings. The van der Waals surface area contributed by atoms with Gasteiger partial charge in [-0.3, -0.25) is 4.79 Å². The lowest BCUT2D eigenvalue weighted by atomic mass is 9.93. The summed E-state index contributed by atoms with van der Waals surface area (Å²) in [7, 11) is 0. The summed E-state index contributed by atoms with van der Waals surface area (Å²) < 4.78 is 0. The van der Waals surface area contributed by atoms with Gasteiger partial charge in [0.25, 0.3) is 0 Å². The number of rotatable bonds is 11. The van der Waals surface area contributed by atoms with Gasteiger partial charge in [-0.1, -0.05) is 65.2 Å². The van der Waals surface area contributed by atoms with Gasteiger partial charge in [0.1, 0.15) is 0 Å². The highest BCUT2D eigenvalue weighted by Gasteiger charge is 2.05. The van der Waals surface area contributed by atoms with Gasteiger partial charge >= 0.3 is 5.97 Å². The number of carbonyl (C=O) groups is 1. The van der Waals surface area contributed by atoms with Crippen LogP contribution in [0.25, 0.3) is 0 Å². The van der Waals surface area contributed by atoms with Gasteiger partial charge in [0.05, 0.1) is 0 Å². The first-order valence-electron chi connectivity index (χ1n) is 6.92. The SMILES string of the molecule is CCCCCC(CC)CCCCCC(=O)O. The molecule has 0 amide bonds. The first kappa shape index (κ1) is 15.5. The fourth-order valence-electron chi connectivity index (χ4n) is 2.12. The number of carboxylic acids is 1. The molecule has 0 aromatic carbocycles. The normalized spacial score (nSPS) is 12.6. The predicted octanol–water partition coefficient (Wildman–Crippen LogP) is 4.63. The Morgan fingerprint density at radius 1 is 1.00 bits per heavy atom. The van der Waals surface area contributed by atoms with E-state index >= 15 is 0 Å². The number of hydrogen-bond acceptors (Lipinski definition) is 1. The molecule has 0 radical (unpaired) electrons. The van der Waals surface area contributed by atoms with Crippen molar-refractivity contribution in [3.05, 3.63) is 0 Å². The zero-order chi connectivity index (χ0) is 12.2. The van der Waals surface area contributed by atoms with E-state index in [9.17, 15) is 4.79 Å². The van der Waals surface area contributed by atoms with Crippen LogP contribution in [0.15, 0.2) is 0 Å². The predicted molar refractivity (Wildman–Crippen MR) is 68.6 cm³/mol. The molecule has 2 nitrogen and oxygen atoms in total. The second kappa shape index (κ2) is 11.0. The van der Waals surface area contributed by atoms with Crippen molar-refractivity contribution in [1.82, 2.24) is 0 Å². The minimum Gasteiger partial charge on any atom is -0.481 e. The Morgan fingerprint density at radius 3 is 2.12 bits per heavy atom. The molecule has 0 saturated carbocycles. The molecule has 0 fully saturated rings. The minimum absolute atomic E-state index is 0.340. The van der Waals surface area contributed by atoms with E-state index in [1.54, 1.807) is 0 Å². The van der Waals surface area contributed by atoms with Gasteiger partial charge in [-0.05, 0) is 12.3 Å². The van der Waals surface area contributed by atoms with Gasteiger partial charge in [0.15, 0.2) is 0 Å². The third-order valence-corrected chi connectivity index (χ3v) is 3.30. The largest absolute Gasteiger partial charge is 0.481 e. The van der Waals surface area contributed by atoms with Crippen molar-refractivity contribution >= 4 is 5.97 Å². The number of unbranched alkanes of at least 4 members (excludes halogenated alkanes) is 4. The Hall–Kier alpha value is -0.530. The van der Waals surface area contributed by atoms with Crippen LogP contribution >= 0.6 is 0 Å². The van der Waals surface area contributed by atoms with Crippen LogP contribution in [0.5, 0.6) is 0 Å². The quantitative estimate of drug-likeness (QED) is 0.523. The van der Waals surface area contributed by atoms with Gasteiger partial charge in [-0.2, -0.15) is 0 Å². The van der Waals surface area contributed by atoms with Crippen LogP contribution in [-0.2, 0) is 4.79 Å². The molecule has 0 aliphatic carbocycles. The Labute approximate surface area is 100 Å². The average Bonchev–Trinajstić information content (AvgIpc) is 2.26. The lowest BCUT2D eigenvalue weighted by Gasteiger charge is -2.13. The second-order valence-electron chi connectivity index (χ2n) is 4.76. The maximum atomic E-state index is 10.3. The Morgan fingerprint density at radius 2 is 1.62 bits per heavy atom. The Kier molecular flexibility index (Phi) is 10.6. The van der Waals surface area contributed by atoms with Crippen molar-refractivity contribution in [1.29, 1.82) is 0 Å². The third-order valence-electron chi connectivity index (χ3n) is 3.30. The molecule has 1 atom stereocenters. The highest BCUT2D eigenvalue weighted by molar-refractivity contribution is 5.66. The molecule has 0 rings (SSSR count). The van der Waals surface area contributed by atoms with Crippen LogP contribution in [-0.4, -0.2) is 11.1 Å². The van der Waals surface area contributed by atoms with E-state index in [0.29, 0.717) is 6.42 Å². The molecule has 0 aromatic heterocycles. The fourth-order valence-corrected chi connectivity index (χ4v) is 2.12. The van der Waals surface area contributed by atoms with Gasteiger partial charge < -0.3 is 5.11 Å². The molecule has 0 saturated heterocycles. The summed E-state index contributed by atoms with van der Waals surface area (Å²) in [6.45, 7) is 4.51. The van der Waals surface area contributed by atoms with E-state index in [1.807, 2.05) is 0 Å². The van der Waals surface area contributed by atoms with E-state index in [0.717, 1.165) is 18.8 Å². The topological polar surface area (TPSA) is 37.3 Å². The minimum atomic E-state index is -0.657. The Balaban J connectivity index is 3.36. The van der Waals surface area contributed by atoms with E-state index in [2.05, 4.69) is 13.8 Å². The standard InChI is InChI=1S/C14H28O2/c1-3-5-7-10-13(4-2)11-8-6-9-12-14(15)16/h13H,3-12H2,1-2H3,(H,15,16). The first-order valence-corrected chi connectivity index (χ1v) is 6.92. The molecule has 2 heteroatoms. The van der Waals surface area contributed by atoms with Gasteiger partial charge in [0, 0.05) is 6.42 Å². The third kappa shape index (κ3) is 10.0. The van der Waals surface area contributed by atoms with E-state index < -0.39 is 5.97 Å². The number of aliphatic carboxylic acids is 1. The maximum absolute atomic E-state index is 10.3. The van der Waals surface area contributed by atoms with Crippen LogP contribution < -0.4 is 0 Å². The summed E-state index contributed by atoms with van der Waals surface area (Å²) in [5.41, 5.74) is 0. The van der Waals surface area contributed by atoms with E-state index in [1.165, 1.54) is 44.9 Å². The molecule has 1 N–H and O–H groups in total. The van der Waals surface area contributed by atoms with Crippen molar-refractivity contribution < 1.29 is 9.90 Å². The maximum Gasteiger partial charge on any atom is 0.303 e. The second-order valence-corrected chi connectivity index (χ2v) is 4.76. The molecule has 1 unspecified atom stereocenters. The van der Waals surface area contributed by atoms with Gasteiger partial charge in [-0.25, -0.2) is 0 Å². The van der Waals surface area contributed by atoms with Crippen LogP contribution in [0.4, 0.5) is 0 Å². The highest BCUT2D eigenvalue weighted by Crippen LogP contribution is 2.20. The van der Waals surface area contributed by atoms with Crippen LogP contribution in [0.2, 0.25) is 0 Å². The van der Waals surface area contributed by atoms with Crippen molar-refractivity contribution in [2.24, 2.45) is 5.92 Å². The summed E-state index contributed by atoms with van der Waals surface area (Å²) in [4.78, 5) is 10.3. The summed E-state index contributed by atoms with van der Waals surface area (Å²) in [6, 6.07) is 0. The molecule has 0 aromatic rings. The van der Waals surface area contributed by atoms with Crippen molar-refractivity contribution in [3.8, 4) is 0 Å². The molecule has 96 valence electrons. The molecular weight excluding hydrogens is 200 g/mol. The van der Waals surface area contributed by atoms with Crippen molar-refractivity contribution in [2.45, 2.75) is 78.1 Å². The summed E-state index contributed by atoms with van der Waals surface area (Å²) in [5.74, 6) is 0.214. The smallest absolute Gasteiger partial charge is 0.303 e. The molecule has 0 heterocycles. The molecule has 0 aliphatic heterocycles. The summed E-state index contributed by atoms with van der Waals surface area (Å²) in [6.07, 6.45) is 11.4. The zero-order valence-corrected chi connectivity index (χ0v) is 11.0. The van der Waals surface area contributed by atoms with E-state index in [-0.39, 0.29) is 0 Å². The summed E-state index contributed by atoms with van der Waals surface area (Å²) in [5, 5.41) is 8.51. The van der Waals surface area contributed by atoms with Crippen LogP contribution in [0, 0.1) is 5.92 Å². The fraction of sp³-hybridized carbons (Fsp3) is 0.929. The lowest BCUT2D eigenvalue weighted by molar-refractivity contribution is -0.137. The lowest BCUT2D eigenvalue weighted by Crippen LogP contribution is -2.00. The molecule has 0 spiro atoms. The Bertz CT molecular complexity index is 166. The average molecular weight is 228 g/mol. The first-order chi connectivity index (χ1) is 7.70. The number of carboxylic acid groups (broad SMARTS) is 1. The van der Waals surface area contributed by atoms with Gasteiger partial charge in [-0.15, -0.1) is 0 Å². The van der Waals surface area contributed by atoms with Crippen LogP contribution in [0.3, 0.4) is 0 Å². The summed E-state index contributed by atoms with van der Waals surface area (Å²) >= 11 is 0. The monoisotopic (exact) mass is 228 g/mol.